The number of benzene rings is 1. The molecule has 2 aromatic rings. The average Bonchev–Trinajstić information content (AvgIpc) is 2.29. The molecule has 2 N–H and O–H groups in total. The maximum atomic E-state index is 5.82. The SMILES string of the molecule is Cc1ccc2nc(C(C)(C)CN)cc(C)c2c1. The average molecular weight is 228 g/mol. The Bertz CT molecular complexity index is 556. The van der Waals surface area contributed by atoms with Crippen molar-refractivity contribution in [2.45, 2.75) is 33.1 Å². The quantitative estimate of drug-likeness (QED) is 0.858. The van der Waals surface area contributed by atoms with Crippen LogP contribution in [0.1, 0.15) is 30.7 Å². The lowest BCUT2D eigenvalue weighted by Gasteiger charge is -2.22. The molecule has 0 saturated carbocycles. The van der Waals surface area contributed by atoms with Crippen molar-refractivity contribution in [3.63, 3.8) is 0 Å². The fourth-order valence-electron chi connectivity index (χ4n) is 1.96. The molecule has 2 heteroatoms. The summed E-state index contributed by atoms with van der Waals surface area (Å²) >= 11 is 0. The maximum absolute atomic E-state index is 5.82. The van der Waals surface area contributed by atoms with Crippen LogP contribution in [0.15, 0.2) is 24.3 Å². The van der Waals surface area contributed by atoms with Crippen molar-refractivity contribution in [2.75, 3.05) is 6.54 Å². The third kappa shape index (κ3) is 2.18. The number of hydrogen-bond acceptors (Lipinski definition) is 2. The van der Waals surface area contributed by atoms with E-state index in [0.29, 0.717) is 6.54 Å². The van der Waals surface area contributed by atoms with E-state index in [1.165, 1.54) is 16.5 Å². The largest absolute Gasteiger partial charge is 0.330 e. The van der Waals surface area contributed by atoms with E-state index < -0.39 is 0 Å². The van der Waals surface area contributed by atoms with Crippen molar-refractivity contribution in [3.05, 3.63) is 41.1 Å². The fraction of sp³-hybridized carbons (Fsp3) is 0.400. The molecular formula is C15H20N2. The van der Waals surface area contributed by atoms with Gasteiger partial charge in [0, 0.05) is 23.0 Å². The second-order valence-corrected chi connectivity index (χ2v) is 5.43. The number of hydrogen-bond donors (Lipinski definition) is 1. The monoisotopic (exact) mass is 228 g/mol. The van der Waals surface area contributed by atoms with Crippen LogP contribution >= 0.6 is 0 Å². The number of fused-ring (bicyclic) bond motifs is 1. The molecule has 1 heterocycles. The van der Waals surface area contributed by atoms with Crippen LogP contribution in [0.25, 0.3) is 10.9 Å². The third-order valence-corrected chi connectivity index (χ3v) is 3.37. The molecule has 0 aliphatic heterocycles. The van der Waals surface area contributed by atoms with Gasteiger partial charge in [0.2, 0.25) is 0 Å². The molecule has 0 spiro atoms. The molecule has 0 atom stereocenters. The van der Waals surface area contributed by atoms with E-state index in [-0.39, 0.29) is 5.41 Å². The maximum Gasteiger partial charge on any atom is 0.0708 e. The molecule has 0 saturated heterocycles. The number of nitrogens with two attached hydrogens (primary N) is 1. The third-order valence-electron chi connectivity index (χ3n) is 3.37. The fourth-order valence-corrected chi connectivity index (χ4v) is 1.96. The molecule has 2 nitrogen and oxygen atoms in total. The first-order valence-electron chi connectivity index (χ1n) is 6.02. The molecule has 0 radical (unpaired) electrons. The summed E-state index contributed by atoms with van der Waals surface area (Å²) in [5, 5.41) is 1.24. The Labute approximate surface area is 103 Å². The van der Waals surface area contributed by atoms with Gasteiger partial charge in [-0.05, 0) is 37.6 Å². The molecule has 1 aromatic carbocycles. The van der Waals surface area contributed by atoms with Crippen LogP contribution in [-0.2, 0) is 5.41 Å². The summed E-state index contributed by atoms with van der Waals surface area (Å²) in [5.41, 5.74) is 10.4. The van der Waals surface area contributed by atoms with Crippen LogP contribution < -0.4 is 5.73 Å². The lowest BCUT2D eigenvalue weighted by Crippen LogP contribution is -2.29. The minimum atomic E-state index is -0.0656. The highest BCUT2D eigenvalue weighted by Gasteiger charge is 2.21. The van der Waals surface area contributed by atoms with Crippen LogP contribution in [-0.4, -0.2) is 11.5 Å². The van der Waals surface area contributed by atoms with Crippen molar-refractivity contribution in [1.29, 1.82) is 0 Å². The molecule has 0 fully saturated rings. The Hall–Kier alpha value is -1.41. The van der Waals surface area contributed by atoms with Gasteiger partial charge in [-0.1, -0.05) is 25.5 Å². The van der Waals surface area contributed by atoms with Crippen LogP contribution in [0.4, 0.5) is 0 Å². The van der Waals surface area contributed by atoms with Crippen LogP contribution in [0.2, 0.25) is 0 Å². The van der Waals surface area contributed by atoms with Gasteiger partial charge in [-0.25, -0.2) is 0 Å². The Morgan fingerprint density at radius 3 is 2.53 bits per heavy atom. The number of nitrogens with zero attached hydrogens (tertiary/aromatic N) is 1. The zero-order chi connectivity index (χ0) is 12.6. The van der Waals surface area contributed by atoms with Gasteiger partial charge in [0.05, 0.1) is 5.52 Å². The van der Waals surface area contributed by atoms with Gasteiger partial charge in [-0.15, -0.1) is 0 Å². The van der Waals surface area contributed by atoms with E-state index in [2.05, 4.69) is 52.0 Å². The first-order chi connectivity index (χ1) is 7.94. The highest BCUT2D eigenvalue weighted by atomic mass is 14.7. The van der Waals surface area contributed by atoms with Gasteiger partial charge >= 0.3 is 0 Å². The van der Waals surface area contributed by atoms with Crippen molar-refractivity contribution < 1.29 is 0 Å². The second-order valence-electron chi connectivity index (χ2n) is 5.43. The molecule has 0 aliphatic carbocycles. The summed E-state index contributed by atoms with van der Waals surface area (Å²) in [7, 11) is 0. The summed E-state index contributed by atoms with van der Waals surface area (Å²) in [6.07, 6.45) is 0. The Balaban J connectivity index is 2.68. The standard InChI is InChI=1S/C15H20N2/c1-10-5-6-13-12(7-10)11(2)8-14(17-13)15(3,4)9-16/h5-8H,9,16H2,1-4H3. The molecule has 17 heavy (non-hydrogen) atoms. The minimum Gasteiger partial charge on any atom is -0.330 e. The number of aryl methyl sites for hydroxylation is 2. The zero-order valence-corrected chi connectivity index (χ0v) is 11.0. The Morgan fingerprint density at radius 2 is 1.88 bits per heavy atom. The van der Waals surface area contributed by atoms with Crippen LogP contribution in [0.5, 0.6) is 0 Å². The Morgan fingerprint density at radius 1 is 1.18 bits per heavy atom. The molecular weight excluding hydrogens is 208 g/mol. The van der Waals surface area contributed by atoms with Crippen molar-refractivity contribution in [1.82, 2.24) is 4.98 Å². The van der Waals surface area contributed by atoms with E-state index in [9.17, 15) is 0 Å². The molecule has 1 aromatic heterocycles. The predicted octanol–water partition coefficient (Wildman–Crippen LogP) is 3.09. The summed E-state index contributed by atoms with van der Waals surface area (Å²) in [6.45, 7) is 9.12. The molecule has 90 valence electrons. The normalized spacial score (nSPS) is 12.1. The van der Waals surface area contributed by atoms with E-state index >= 15 is 0 Å². The smallest absolute Gasteiger partial charge is 0.0708 e. The second kappa shape index (κ2) is 4.11. The minimum absolute atomic E-state index is 0.0656. The first kappa shape index (κ1) is 12.1. The lowest BCUT2D eigenvalue weighted by atomic mass is 9.87. The van der Waals surface area contributed by atoms with Crippen LogP contribution in [0.3, 0.4) is 0 Å². The topological polar surface area (TPSA) is 38.9 Å². The van der Waals surface area contributed by atoms with Gasteiger partial charge in [-0.2, -0.15) is 0 Å². The van der Waals surface area contributed by atoms with Gasteiger partial charge in [0.1, 0.15) is 0 Å². The molecule has 0 unspecified atom stereocenters. The molecule has 0 bridgehead atoms. The molecule has 0 amide bonds. The highest BCUT2D eigenvalue weighted by Crippen LogP contribution is 2.26. The van der Waals surface area contributed by atoms with E-state index in [0.717, 1.165) is 11.2 Å². The van der Waals surface area contributed by atoms with Crippen molar-refractivity contribution in [2.24, 2.45) is 5.73 Å². The number of pyridine rings is 1. The zero-order valence-electron chi connectivity index (χ0n) is 11.0. The summed E-state index contributed by atoms with van der Waals surface area (Å²) < 4.78 is 0. The van der Waals surface area contributed by atoms with Gasteiger partial charge in [0.25, 0.3) is 0 Å². The van der Waals surface area contributed by atoms with E-state index in [1.807, 2.05) is 0 Å². The summed E-state index contributed by atoms with van der Waals surface area (Å²) in [4.78, 5) is 4.74. The van der Waals surface area contributed by atoms with E-state index in [1.54, 1.807) is 0 Å². The van der Waals surface area contributed by atoms with Crippen LogP contribution in [0, 0.1) is 13.8 Å². The molecule has 2 rings (SSSR count). The summed E-state index contributed by atoms with van der Waals surface area (Å²) in [6, 6.07) is 8.55. The predicted molar refractivity (Wildman–Crippen MR) is 73.3 cm³/mol. The van der Waals surface area contributed by atoms with E-state index in [4.69, 9.17) is 10.7 Å². The lowest BCUT2D eigenvalue weighted by molar-refractivity contribution is 0.523. The number of aromatic nitrogens is 1. The highest BCUT2D eigenvalue weighted by molar-refractivity contribution is 5.83. The molecule has 0 aliphatic rings. The summed E-state index contributed by atoms with van der Waals surface area (Å²) in [5.74, 6) is 0. The number of rotatable bonds is 2. The Kier molecular flexibility index (Phi) is 2.92. The van der Waals surface area contributed by atoms with Gasteiger partial charge < -0.3 is 5.73 Å². The first-order valence-corrected chi connectivity index (χ1v) is 6.02. The van der Waals surface area contributed by atoms with Crippen molar-refractivity contribution in [3.8, 4) is 0 Å². The van der Waals surface area contributed by atoms with Gasteiger partial charge in [0.15, 0.2) is 0 Å². The van der Waals surface area contributed by atoms with Gasteiger partial charge in [-0.3, -0.25) is 4.98 Å². The van der Waals surface area contributed by atoms with Crippen molar-refractivity contribution >= 4 is 10.9 Å².